The van der Waals surface area contributed by atoms with Gasteiger partial charge in [0.2, 0.25) is 0 Å². The molecule has 3 aromatic carbocycles. The van der Waals surface area contributed by atoms with E-state index < -0.39 is 0 Å². The third kappa shape index (κ3) is 3.57. The van der Waals surface area contributed by atoms with Crippen molar-refractivity contribution in [1.29, 1.82) is 0 Å². The summed E-state index contributed by atoms with van der Waals surface area (Å²) in [5.74, 6) is -0.0521. The first-order chi connectivity index (χ1) is 14.5. The molecule has 0 saturated carbocycles. The van der Waals surface area contributed by atoms with Crippen LogP contribution in [0.5, 0.6) is 5.75 Å². The van der Waals surface area contributed by atoms with Gasteiger partial charge in [0, 0.05) is 5.69 Å². The van der Waals surface area contributed by atoms with Crippen molar-refractivity contribution in [3.63, 3.8) is 0 Å². The highest BCUT2D eigenvalue weighted by Gasteiger charge is 2.40. The van der Waals surface area contributed by atoms with E-state index in [-0.39, 0.29) is 17.5 Å². The second kappa shape index (κ2) is 7.87. The molecule has 0 aliphatic carbocycles. The fourth-order valence-corrected chi connectivity index (χ4v) is 3.54. The lowest BCUT2D eigenvalue weighted by Crippen LogP contribution is -2.32. The van der Waals surface area contributed by atoms with Crippen molar-refractivity contribution in [3.05, 3.63) is 95.2 Å². The van der Waals surface area contributed by atoms with Crippen LogP contribution in [-0.4, -0.2) is 18.9 Å². The minimum atomic E-state index is -0.377. The molecule has 30 heavy (non-hydrogen) atoms. The van der Waals surface area contributed by atoms with E-state index in [1.54, 1.807) is 37.4 Å². The molecule has 1 aliphatic heterocycles. The third-order valence-electron chi connectivity index (χ3n) is 5.01. The average Bonchev–Trinajstić information content (AvgIpc) is 2.97. The maximum Gasteiger partial charge on any atom is 0.282 e. The fourth-order valence-electron chi connectivity index (χ4n) is 3.54. The van der Waals surface area contributed by atoms with Gasteiger partial charge in [-0.2, -0.15) is 0 Å². The van der Waals surface area contributed by atoms with Crippen LogP contribution >= 0.6 is 0 Å². The second-order valence-electron chi connectivity index (χ2n) is 7.26. The van der Waals surface area contributed by atoms with Crippen molar-refractivity contribution in [2.75, 3.05) is 17.3 Å². The monoisotopic (exact) mass is 398 g/mol. The van der Waals surface area contributed by atoms with Gasteiger partial charge in [0.15, 0.2) is 0 Å². The maximum atomic E-state index is 13.4. The van der Waals surface area contributed by atoms with Gasteiger partial charge in [-0.15, -0.1) is 0 Å². The number of methoxy groups -OCH3 is 1. The SMILES string of the molecule is COc1ccc(C2=C(Nc3cccc(C)c3)C(=O)N(c3cccc(C)c3)C2=O)cc1. The third-order valence-corrected chi connectivity index (χ3v) is 5.01. The van der Waals surface area contributed by atoms with Crippen LogP contribution < -0.4 is 15.0 Å². The lowest BCUT2D eigenvalue weighted by Gasteiger charge is -2.16. The number of nitrogens with zero attached hydrogens (tertiary/aromatic N) is 1. The number of ether oxygens (including phenoxy) is 1. The molecule has 5 heteroatoms. The number of rotatable bonds is 5. The number of amides is 2. The molecule has 0 fully saturated rings. The number of hydrogen-bond donors (Lipinski definition) is 1. The van der Waals surface area contributed by atoms with Crippen LogP contribution in [0.4, 0.5) is 11.4 Å². The molecule has 0 aromatic heterocycles. The Kier molecular flexibility index (Phi) is 5.11. The average molecular weight is 398 g/mol. The zero-order valence-corrected chi connectivity index (χ0v) is 17.1. The van der Waals surface area contributed by atoms with E-state index in [0.29, 0.717) is 22.6 Å². The molecule has 1 aliphatic rings. The lowest BCUT2D eigenvalue weighted by molar-refractivity contribution is -0.120. The summed E-state index contributed by atoms with van der Waals surface area (Å²) in [6, 6.07) is 22.2. The first kappa shape index (κ1) is 19.5. The molecule has 0 saturated heterocycles. The van der Waals surface area contributed by atoms with Crippen LogP contribution in [0, 0.1) is 13.8 Å². The van der Waals surface area contributed by atoms with Gasteiger partial charge < -0.3 is 10.1 Å². The van der Waals surface area contributed by atoms with Crippen LogP contribution in [-0.2, 0) is 9.59 Å². The summed E-state index contributed by atoms with van der Waals surface area (Å²) in [5, 5.41) is 3.19. The van der Waals surface area contributed by atoms with Crippen molar-refractivity contribution in [2.45, 2.75) is 13.8 Å². The number of carbonyl (C=O) groups excluding carboxylic acids is 2. The molecule has 0 bridgehead atoms. The Morgan fingerprint density at radius 2 is 1.47 bits per heavy atom. The van der Waals surface area contributed by atoms with Crippen molar-refractivity contribution in [3.8, 4) is 5.75 Å². The Bertz CT molecular complexity index is 1160. The zero-order chi connectivity index (χ0) is 21.3. The summed E-state index contributed by atoms with van der Waals surface area (Å²) in [7, 11) is 1.59. The maximum absolute atomic E-state index is 13.4. The number of carbonyl (C=O) groups is 2. The van der Waals surface area contributed by atoms with Gasteiger partial charge in [-0.3, -0.25) is 9.59 Å². The van der Waals surface area contributed by atoms with Gasteiger partial charge >= 0.3 is 0 Å². The molecule has 0 unspecified atom stereocenters. The fraction of sp³-hybridized carbons (Fsp3) is 0.120. The standard InChI is InChI=1S/C25H22N2O3/c1-16-6-4-8-19(14-16)26-23-22(18-10-12-21(30-3)13-11-18)24(28)27(25(23)29)20-9-5-7-17(2)15-20/h4-15,26H,1-3H3. The highest BCUT2D eigenvalue weighted by Crippen LogP contribution is 2.34. The summed E-state index contributed by atoms with van der Waals surface area (Å²) in [4.78, 5) is 28.0. The number of anilines is 2. The number of aryl methyl sites for hydroxylation is 2. The molecule has 0 atom stereocenters. The van der Waals surface area contributed by atoms with Crippen molar-refractivity contribution in [2.24, 2.45) is 0 Å². The van der Waals surface area contributed by atoms with Gasteiger partial charge in [0.25, 0.3) is 11.8 Å². The van der Waals surface area contributed by atoms with Crippen LogP contribution in [0.3, 0.4) is 0 Å². The largest absolute Gasteiger partial charge is 0.497 e. The summed E-state index contributed by atoms with van der Waals surface area (Å²) >= 11 is 0. The van der Waals surface area contributed by atoms with Crippen molar-refractivity contribution >= 4 is 28.8 Å². The quantitative estimate of drug-likeness (QED) is 0.633. The van der Waals surface area contributed by atoms with E-state index >= 15 is 0 Å². The first-order valence-electron chi connectivity index (χ1n) is 9.66. The Balaban J connectivity index is 1.82. The van der Waals surface area contributed by atoms with E-state index in [1.165, 1.54) is 4.90 Å². The summed E-state index contributed by atoms with van der Waals surface area (Å²) in [6.07, 6.45) is 0. The van der Waals surface area contributed by atoms with E-state index in [2.05, 4.69) is 5.32 Å². The van der Waals surface area contributed by atoms with Gasteiger partial charge in [0.1, 0.15) is 11.4 Å². The van der Waals surface area contributed by atoms with Crippen molar-refractivity contribution in [1.82, 2.24) is 0 Å². The van der Waals surface area contributed by atoms with E-state index in [9.17, 15) is 9.59 Å². The Hall–Kier alpha value is -3.86. The summed E-state index contributed by atoms with van der Waals surface area (Å²) in [5.41, 5.74) is 4.58. The second-order valence-corrected chi connectivity index (χ2v) is 7.26. The van der Waals surface area contributed by atoms with Crippen molar-refractivity contribution < 1.29 is 14.3 Å². The normalized spacial score (nSPS) is 13.8. The molecule has 2 amide bonds. The lowest BCUT2D eigenvalue weighted by atomic mass is 10.0. The van der Waals surface area contributed by atoms with E-state index in [1.807, 2.05) is 56.3 Å². The Labute approximate surface area is 175 Å². The summed E-state index contributed by atoms with van der Waals surface area (Å²) in [6.45, 7) is 3.91. The number of nitrogens with one attached hydrogen (secondary N) is 1. The van der Waals surface area contributed by atoms with Crippen LogP contribution in [0.15, 0.2) is 78.5 Å². The molecule has 0 radical (unpaired) electrons. The zero-order valence-electron chi connectivity index (χ0n) is 17.1. The number of imide groups is 1. The van der Waals surface area contributed by atoms with Gasteiger partial charge in [-0.25, -0.2) is 4.90 Å². The first-order valence-corrected chi connectivity index (χ1v) is 9.66. The molecule has 1 heterocycles. The van der Waals surface area contributed by atoms with Gasteiger partial charge in [-0.1, -0.05) is 36.4 Å². The minimum absolute atomic E-state index is 0.261. The highest BCUT2D eigenvalue weighted by atomic mass is 16.5. The van der Waals surface area contributed by atoms with Gasteiger partial charge in [0.05, 0.1) is 18.4 Å². The predicted octanol–water partition coefficient (Wildman–Crippen LogP) is 4.71. The molecule has 150 valence electrons. The molecule has 4 rings (SSSR count). The molecule has 5 nitrogen and oxygen atoms in total. The molecular formula is C25H22N2O3. The number of benzene rings is 3. The Morgan fingerprint density at radius 3 is 2.10 bits per heavy atom. The smallest absolute Gasteiger partial charge is 0.282 e. The highest BCUT2D eigenvalue weighted by molar-refractivity contribution is 6.46. The minimum Gasteiger partial charge on any atom is -0.497 e. The van der Waals surface area contributed by atoms with Crippen LogP contribution in [0.1, 0.15) is 16.7 Å². The predicted molar refractivity (Wildman–Crippen MR) is 118 cm³/mol. The molecular weight excluding hydrogens is 376 g/mol. The number of hydrogen-bond acceptors (Lipinski definition) is 4. The van der Waals surface area contributed by atoms with Crippen LogP contribution in [0.2, 0.25) is 0 Å². The van der Waals surface area contributed by atoms with Gasteiger partial charge in [-0.05, 0) is 66.9 Å². The molecule has 1 N–H and O–H groups in total. The summed E-state index contributed by atoms with van der Waals surface area (Å²) < 4.78 is 5.23. The topological polar surface area (TPSA) is 58.6 Å². The van der Waals surface area contributed by atoms with Crippen LogP contribution in [0.25, 0.3) is 5.57 Å². The molecule has 3 aromatic rings. The molecule has 0 spiro atoms. The van der Waals surface area contributed by atoms with E-state index in [0.717, 1.165) is 16.8 Å². The Morgan fingerprint density at radius 1 is 0.800 bits per heavy atom. The van der Waals surface area contributed by atoms with E-state index in [4.69, 9.17) is 4.74 Å².